The Balaban J connectivity index is 2.24. The molecule has 2 rings (SSSR count). The van der Waals surface area contributed by atoms with Gasteiger partial charge in [0.15, 0.2) is 0 Å². The molecule has 108 valence electrons. The molecular weight excluding hydrogens is 361 g/mol. The minimum absolute atomic E-state index is 0.0947. The first kappa shape index (κ1) is 16.0. The Morgan fingerprint density at radius 3 is 2.85 bits per heavy atom. The lowest BCUT2D eigenvalue weighted by molar-refractivity contribution is 0.518. The molecule has 0 radical (unpaired) electrons. The van der Waals surface area contributed by atoms with E-state index >= 15 is 0 Å². The van der Waals surface area contributed by atoms with Gasteiger partial charge in [-0.3, -0.25) is 0 Å². The standard InChI is InChI=1S/C15H16BrClFNS/c1-2-7-19-13(15-11(16)6-8-20-15)9-10-4-3-5-12(17)14(10)18/h3-6,8,13,19H,2,7,9H2,1H3. The largest absolute Gasteiger partial charge is 0.309 e. The monoisotopic (exact) mass is 375 g/mol. The molecule has 0 aliphatic rings. The molecule has 0 aliphatic heterocycles. The van der Waals surface area contributed by atoms with Gasteiger partial charge in [-0.2, -0.15) is 0 Å². The van der Waals surface area contributed by atoms with Crippen molar-refractivity contribution in [1.82, 2.24) is 5.32 Å². The summed E-state index contributed by atoms with van der Waals surface area (Å²) in [5.74, 6) is -0.315. The van der Waals surface area contributed by atoms with E-state index in [1.54, 1.807) is 29.5 Å². The van der Waals surface area contributed by atoms with Crippen molar-refractivity contribution in [2.45, 2.75) is 25.8 Å². The third-order valence-corrected chi connectivity index (χ3v) is 5.33. The van der Waals surface area contributed by atoms with Crippen LogP contribution in [0.25, 0.3) is 0 Å². The third kappa shape index (κ3) is 3.82. The minimum atomic E-state index is -0.315. The van der Waals surface area contributed by atoms with Crippen molar-refractivity contribution in [2.24, 2.45) is 0 Å². The Labute approximate surface area is 136 Å². The molecule has 5 heteroatoms. The molecule has 0 fully saturated rings. The van der Waals surface area contributed by atoms with E-state index < -0.39 is 0 Å². The Kier molecular flexibility index (Phi) is 6.02. The number of halogens is 3. The van der Waals surface area contributed by atoms with E-state index in [9.17, 15) is 4.39 Å². The SMILES string of the molecule is CCCNC(Cc1cccc(Cl)c1F)c1sccc1Br. The number of thiophene rings is 1. The van der Waals surface area contributed by atoms with Crippen LogP contribution in [0.15, 0.2) is 34.1 Å². The maximum atomic E-state index is 14.1. The second-order valence-corrected chi connectivity index (χ2v) is 6.77. The van der Waals surface area contributed by atoms with Crippen LogP contribution in [0.4, 0.5) is 4.39 Å². The summed E-state index contributed by atoms with van der Waals surface area (Å²) in [5.41, 5.74) is 0.645. The number of benzene rings is 1. The Morgan fingerprint density at radius 1 is 1.40 bits per heavy atom. The zero-order valence-corrected chi connectivity index (χ0v) is 14.3. The van der Waals surface area contributed by atoms with E-state index in [4.69, 9.17) is 11.6 Å². The van der Waals surface area contributed by atoms with Crippen molar-refractivity contribution >= 4 is 38.9 Å². The van der Waals surface area contributed by atoms with E-state index in [-0.39, 0.29) is 16.9 Å². The van der Waals surface area contributed by atoms with Crippen LogP contribution >= 0.6 is 38.9 Å². The molecule has 0 saturated carbocycles. The van der Waals surface area contributed by atoms with E-state index in [0.29, 0.717) is 12.0 Å². The molecule has 1 nitrogen and oxygen atoms in total. The van der Waals surface area contributed by atoms with E-state index in [1.807, 2.05) is 11.4 Å². The van der Waals surface area contributed by atoms with Gasteiger partial charge >= 0.3 is 0 Å². The summed E-state index contributed by atoms with van der Waals surface area (Å²) in [5, 5.41) is 5.70. The number of hydrogen-bond donors (Lipinski definition) is 1. The molecule has 2 aromatic rings. The lowest BCUT2D eigenvalue weighted by Gasteiger charge is -2.18. The van der Waals surface area contributed by atoms with Crippen molar-refractivity contribution in [2.75, 3.05) is 6.54 Å². The quantitative estimate of drug-likeness (QED) is 0.693. The Bertz CT molecular complexity index is 573. The normalized spacial score (nSPS) is 12.6. The summed E-state index contributed by atoms with van der Waals surface area (Å²) in [6.45, 7) is 3.02. The van der Waals surface area contributed by atoms with E-state index in [1.165, 1.54) is 4.88 Å². The second-order valence-electron chi connectivity index (χ2n) is 4.56. The highest BCUT2D eigenvalue weighted by Crippen LogP contribution is 2.32. The van der Waals surface area contributed by atoms with Crippen molar-refractivity contribution in [3.05, 3.63) is 55.4 Å². The predicted octanol–water partition coefficient (Wildman–Crippen LogP) is 5.59. The highest BCUT2D eigenvalue weighted by molar-refractivity contribution is 9.10. The zero-order chi connectivity index (χ0) is 14.5. The fourth-order valence-corrected chi connectivity index (χ4v) is 3.98. The Morgan fingerprint density at radius 2 is 2.20 bits per heavy atom. The molecule has 0 bridgehead atoms. The van der Waals surface area contributed by atoms with Crippen molar-refractivity contribution in [1.29, 1.82) is 0 Å². The minimum Gasteiger partial charge on any atom is -0.309 e. The van der Waals surface area contributed by atoms with Gasteiger partial charge < -0.3 is 5.32 Å². The zero-order valence-electron chi connectivity index (χ0n) is 11.1. The van der Waals surface area contributed by atoms with Gasteiger partial charge in [-0.15, -0.1) is 11.3 Å². The van der Waals surface area contributed by atoms with Crippen molar-refractivity contribution in [3.8, 4) is 0 Å². The van der Waals surface area contributed by atoms with Gasteiger partial charge in [0.1, 0.15) is 5.82 Å². The van der Waals surface area contributed by atoms with Crippen LogP contribution < -0.4 is 5.32 Å². The lowest BCUT2D eigenvalue weighted by Crippen LogP contribution is -2.24. The van der Waals surface area contributed by atoms with Crippen molar-refractivity contribution in [3.63, 3.8) is 0 Å². The molecule has 1 atom stereocenters. The number of rotatable bonds is 6. The first-order valence-corrected chi connectivity index (χ1v) is 8.57. The van der Waals surface area contributed by atoms with Gasteiger partial charge in [-0.05, 0) is 58.4 Å². The third-order valence-electron chi connectivity index (χ3n) is 3.06. The maximum absolute atomic E-state index is 14.1. The van der Waals surface area contributed by atoms with E-state index in [2.05, 4.69) is 28.2 Å². The first-order chi connectivity index (χ1) is 9.63. The highest BCUT2D eigenvalue weighted by atomic mass is 79.9. The van der Waals surface area contributed by atoms with Crippen LogP contribution in [0, 0.1) is 5.82 Å². The smallest absolute Gasteiger partial charge is 0.145 e. The predicted molar refractivity (Wildman–Crippen MR) is 88.2 cm³/mol. The molecule has 1 N–H and O–H groups in total. The van der Waals surface area contributed by atoms with Crippen molar-refractivity contribution < 1.29 is 4.39 Å². The second kappa shape index (κ2) is 7.55. The molecule has 0 amide bonds. The molecule has 0 spiro atoms. The summed E-state index contributed by atoms with van der Waals surface area (Å²) in [6.07, 6.45) is 1.63. The first-order valence-electron chi connectivity index (χ1n) is 6.52. The summed E-state index contributed by atoms with van der Waals surface area (Å²) < 4.78 is 15.1. The Hall–Kier alpha value is -0.420. The average Bonchev–Trinajstić information content (AvgIpc) is 2.85. The fourth-order valence-electron chi connectivity index (χ4n) is 2.06. The molecule has 1 aromatic carbocycles. The molecule has 1 heterocycles. The van der Waals surface area contributed by atoms with Crippen LogP contribution in [0.2, 0.25) is 5.02 Å². The maximum Gasteiger partial charge on any atom is 0.145 e. The summed E-state index contributed by atoms with van der Waals surface area (Å²) >= 11 is 11.1. The molecule has 1 aromatic heterocycles. The van der Waals surface area contributed by atoms with Crippen LogP contribution in [0.1, 0.15) is 29.8 Å². The van der Waals surface area contributed by atoms with Crippen LogP contribution in [0.3, 0.4) is 0 Å². The van der Waals surface area contributed by atoms with Gasteiger partial charge in [0.05, 0.1) is 5.02 Å². The fraction of sp³-hybridized carbons (Fsp3) is 0.333. The summed E-state index contributed by atoms with van der Waals surface area (Å²) in [4.78, 5) is 1.19. The number of nitrogens with one attached hydrogen (secondary N) is 1. The summed E-state index contributed by atoms with van der Waals surface area (Å²) in [6, 6.07) is 7.28. The average molecular weight is 377 g/mol. The molecule has 0 aliphatic carbocycles. The summed E-state index contributed by atoms with van der Waals surface area (Å²) in [7, 11) is 0. The lowest BCUT2D eigenvalue weighted by atomic mass is 10.0. The van der Waals surface area contributed by atoms with Gasteiger partial charge in [0.25, 0.3) is 0 Å². The van der Waals surface area contributed by atoms with Gasteiger partial charge in [-0.1, -0.05) is 30.7 Å². The molecule has 0 saturated heterocycles. The molecular formula is C15H16BrClFNS. The van der Waals surface area contributed by atoms with Crippen LogP contribution in [0.5, 0.6) is 0 Å². The molecule has 1 unspecified atom stereocenters. The van der Waals surface area contributed by atoms with Gasteiger partial charge in [0.2, 0.25) is 0 Å². The van der Waals surface area contributed by atoms with Crippen LogP contribution in [-0.2, 0) is 6.42 Å². The topological polar surface area (TPSA) is 12.0 Å². The van der Waals surface area contributed by atoms with Crippen LogP contribution in [-0.4, -0.2) is 6.54 Å². The molecule has 20 heavy (non-hydrogen) atoms. The highest BCUT2D eigenvalue weighted by Gasteiger charge is 2.18. The van der Waals surface area contributed by atoms with Gasteiger partial charge in [0, 0.05) is 15.4 Å². The van der Waals surface area contributed by atoms with Gasteiger partial charge in [-0.25, -0.2) is 4.39 Å². The number of hydrogen-bond acceptors (Lipinski definition) is 2. The van der Waals surface area contributed by atoms with E-state index in [0.717, 1.165) is 17.4 Å².